The van der Waals surface area contributed by atoms with Crippen molar-refractivity contribution in [3.63, 3.8) is 0 Å². The van der Waals surface area contributed by atoms with Crippen molar-refractivity contribution >= 4 is 40.0 Å². The Morgan fingerprint density at radius 3 is 2.34 bits per heavy atom. The molecule has 6 nitrogen and oxygen atoms in total. The number of hydrogen-bond acceptors (Lipinski definition) is 3. The molecule has 0 atom stereocenters. The van der Waals surface area contributed by atoms with Crippen LogP contribution in [0.3, 0.4) is 0 Å². The van der Waals surface area contributed by atoms with Crippen molar-refractivity contribution < 1.29 is 12.8 Å². The first-order valence-electron chi connectivity index (χ1n) is 9.00. The number of rotatable bonds is 8. The lowest BCUT2D eigenvalue weighted by Gasteiger charge is -2.27. The van der Waals surface area contributed by atoms with E-state index in [2.05, 4.69) is 20.3 Å². The predicted octanol–water partition coefficient (Wildman–Crippen LogP) is 2.86. The van der Waals surface area contributed by atoms with Crippen LogP contribution in [0.4, 0.5) is 4.39 Å². The molecule has 0 fully saturated rings. The number of aliphatic imine (C=N–C) groups is 1. The maximum Gasteiger partial charge on any atom is 0.240 e. The minimum absolute atomic E-state index is 0. The molecule has 0 radical (unpaired) electrons. The number of halogens is 2. The zero-order valence-electron chi connectivity index (χ0n) is 16.8. The van der Waals surface area contributed by atoms with Crippen molar-refractivity contribution in [2.24, 2.45) is 4.99 Å². The molecule has 0 aliphatic carbocycles. The van der Waals surface area contributed by atoms with Gasteiger partial charge in [-0.15, -0.1) is 24.0 Å². The Hall–Kier alpha value is -1.72. The number of guanidine groups is 1. The number of benzene rings is 2. The van der Waals surface area contributed by atoms with Gasteiger partial charge in [0.2, 0.25) is 10.0 Å². The van der Waals surface area contributed by atoms with Crippen LogP contribution >= 0.6 is 24.0 Å². The Balaban J connectivity index is 0.00000420. The summed E-state index contributed by atoms with van der Waals surface area (Å²) in [5.41, 5.74) is 0.570. The van der Waals surface area contributed by atoms with Gasteiger partial charge in [0.1, 0.15) is 5.82 Å². The maximum absolute atomic E-state index is 13.5. The van der Waals surface area contributed by atoms with Gasteiger partial charge in [0.15, 0.2) is 5.96 Å². The van der Waals surface area contributed by atoms with Crippen LogP contribution in [-0.2, 0) is 15.4 Å². The molecule has 0 spiro atoms. The molecular formula is C20H28FIN4O2S. The monoisotopic (exact) mass is 534 g/mol. The molecule has 0 heterocycles. The van der Waals surface area contributed by atoms with Gasteiger partial charge in [-0.05, 0) is 29.8 Å². The zero-order valence-corrected chi connectivity index (χ0v) is 19.9. The highest BCUT2D eigenvalue weighted by Crippen LogP contribution is 2.22. The third-order valence-corrected chi connectivity index (χ3v) is 5.77. The summed E-state index contributed by atoms with van der Waals surface area (Å²) < 4.78 is 40.4. The van der Waals surface area contributed by atoms with Crippen molar-refractivity contribution in [1.29, 1.82) is 0 Å². The number of sulfonamides is 1. The average molecular weight is 534 g/mol. The molecule has 0 saturated heterocycles. The van der Waals surface area contributed by atoms with E-state index in [1.165, 1.54) is 12.1 Å². The molecule has 0 unspecified atom stereocenters. The molecule has 2 aromatic rings. The fourth-order valence-electron chi connectivity index (χ4n) is 2.59. The Kier molecular flexibility index (Phi) is 10.0. The van der Waals surface area contributed by atoms with Crippen LogP contribution in [-0.4, -0.2) is 41.1 Å². The van der Waals surface area contributed by atoms with Gasteiger partial charge in [0.05, 0.1) is 4.90 Å². The summed E-state index contributed by atoms with van der Waals surface area (Å²) >= 11 is 0. The van der Waals surface area contributed by atoms with Crippen LogP contribution in [0.25, 0.3) is 0 Å². The third kappa shape index (κ3) is 7.90. The highest BCUT2D eigenvalue weighted by atomic mass is 127. The summed E-state index contributed by atoms with van der Waals surface area (Å²) in [6, 6.07) is 14.7. The first kappa shape index (κ1) is 25.3. The molecular weight excluding hydrogens is 506 g/mol. The molecule has 0 bridgehead atoms. The summed E-state index contributed by atoms with van der Waals surface area (Å²) in [5.74, 6) is 0.280. The van der Waals surface area contributed by atoms with E-state index in [1.54, 1.807) is 43.4 Å². The van der Waals surface area contributed by atoms with E-state index in [0.717, 1.165) is 5.56 Å². The van der Waals surface area contributed by atoms with Crippen LogP contribution in [0.2, 0.25) is 0 Å². The van der Waals surface area contributed by atoms with E-state index < -0.39 is 10.0 Å². The van der Waals surface area contributed by atoms with Gasteiger partial charge in [-0.2, -0.15) is 0 Å². The topological polar surface area (TPSA) is 82.6 Å². The molecule has 9 heteroatoms. The van der Waals surface area contributed by atoms with Crippen LogP contribution in [0.5, 0.6) is 0 Å². The standard InChI is InChI=1S/C20H27FN4O2S.HI/c1-20(2,16-8-7-9-17(21)14-16)15-24-19(22-3)23-12-13-25-28(26,27)18-10-5-4-6-11-18;/h4-11,14,25H,12-13,15H2,1-3H3,(H2,22,23,24);1H. The van der Waals surface area contributed by atoms with E-state index in [9.17, 15) is 12.8 Å². The van der Waals surface area contributed by atoms with Crippen LogP contribution in [0.15, 0.2) is 64.5 Å². The molecule has 2 rings (SSSR count). The normalized spacial score (nSPS) is 12.2. The van der Waals surface area contributed by atoms with Gasteiger partial charge in [0.25, 0.3) is 0 Å². The molecule has 0 aromatic heterocycles. The molecule has 0 aliphatic rings. The van der Waals surface area contributed by atoms with Crippen LogP contribution in [0.1, 0.15) is 19.4 Å². The highest BCUT2D eigenvalue weighted by Gasteiger charge is 2.21. The molecule has 29 heavy (non-hydrogen) atoms. The van der Waals surface area contributed by atoms with Gasteiger partial charge < -0.3 is 10.6 Å². The lowest BCUT2D eigenvalue weighted by Crippen LogP contribution is -2.45. The minimum Gasteiger partial charge on any atom is -0.356 e. The summed E-state index contributed by atoms with van der Waals surface area (Å²) in [6.07, 6.45) is 0. The summed E-state index contributed by atoms with van der Waals surface area (Å²) in [7, 11) is -1.89. The second-order valence-electron chi connectivity index (χ2n) is 6.96. The molecule has 2 aromatic carbocycles. The summed E-state index contributed by atoms with van der Waals surface area (Å²) in [6.45, 7) is 5.13. The second-order valence-corrected chi connectivity index (χ2v) is 8.72. The van der Waals surface area contributed by atoms with E-state index in [-0.39, 0.29) is 46.6 Å². The molecule has 0 amide bonds. The van der Waals surface area contributed by atoms with E-state index in [4.69, 9.17) is 0 Å². The molecule has 0 aliphatic heterocycles. The first-order chi connectivity index (χ1) is 13.2. The minimum atomic E-state index is -3.53. The van der Waals surface area contributed by atoms with Crippen molar-refractivity contribution in [2.75, 3.05) is 26.7 Å². The maximum atomic E-state index is 13.5. The quantitative estimate of drug-likeness (QED) is 0.211. The number of nitrogens with one attached hydrogen (secondary N) is 3. The lowest BCUT2D eigenvalue weighted by molar-refractivity contribution is 0.503. The van der Waals surface area contributed by atoms with Crippen LogP contribution < -0.4 is 15.4 Å². The van der Waals surface area contributed by atoms with Crippen molar-refractivity contribution in [2.45, 2.75) is 24.2 Å². The Morgan fingerprint density at radius 2 is 1.72 bits per heavy atom. The average Bonchev–Trinajstić information content (AvgIpc) is 2.68. The Morgan fingerprint density at radius 1 is 1.03 bits per heavy atom. The van der Waals surface area contributed by atoms with Gasteiger partial charge in [-0.25, -0.2) is 17.5 Å². The van der Waals surface area contributed by atoms with E-state index in [0.29, 0.717) is 19.0 Å². The summed E-state index contributed by atoms with van der Waals surface area (Å²) in [5, 5.41) is 6.26. The van der Waals surface area contributed by atoms with E-state index >= 15 is 0 Å². The first-order valence-corrected chi connectivity index (χ1v) is 10.5. The molecule has 0 saturated carbocycles. The van der Waals surface area contributed by atoms with Crippen molar-refractivity contribution in [1.82, 2.24) is 15.4 Å². The number of hydrogen-bond donors (Lipinski definition) is 3. The van der Waals surface area contributed by atoms with Gasteiger partial charge in [0, 0.05) is 32.1 Å². The van der Waals surface area contributed by atoms with Gasteiger partial charge in [-0.3, -0.25) is 4.99 Å². The third-order valence-electron chi connectivity index (χ3n) is 4.29. The van der Waals surface area contributed by atoms with Crippen molar-refractivity contribution in [3.05, 3.63) is 66.0 Å². The smallest absolute Gasteiger partial charge is 0.240 e. The Labute approximate surface area is 189 Å². The Bertz CT molecular complexity index is 906. The fourth-order valence-corrected chi connectivity index (χ4v) is 3.64. The summed E-state index contributed by atoms with van der Waals surface area (Å²) in [4.78, 5) is 4.37. The largest absolute Gasteiger partial charge is 0.356 e. The highest BCUT2D eigenvalue weighted by molar-refractivity contribution is 14.0. The predicted molar refractivity (Wildman–Crippen MR) is 126 cm³/mol. The SMILES string of the molecule is CN=C(NCCNS(=O)(=O)c1ccccc1)NCC(C)(C)c1cccc(F)c1.I. The lowest BCUT2D eigenvalue weighted by atomic mass is 9.84. The van der Waals surface area contributed by atoms with E-state index in [1.807, 2.05) is 19.9 Å². The van der Waals surface area contributed by atoms with Crippen molar-refractivity contribution in [3.8, 4) is 0 Å². The fraction of sp³-hybridized carbons (Fsp3) is 0.350. The second kappa shape index (κ2) is 11.5. The van der Waals surface area contributed by atoms with Gasteiger partial charge >= 0.3 is 0 Å². The number of nitrogens with zero attached hydrogens (tertiary/aromatic N) is 1. The molecule has 160 valence electrons. The molecule has 3 N–H and O–H groups in total. The van der Waals surface area contributed by atoms with Crippen LogP contribution in [0, 0.1) is 5.82 Å². The zero-order chi connectivity index (χ0) is 20.6. The van der Waals surface area contributed by atoms with Gasteiger partial charge in [-0.1, -0.05) is 44.2 Å².